The highest BCUT2D eigenvalue weighted by Crippen LogP contribution is 2.27. The maximum Gasteiger partial charge on any atom is 0.251 e. The van der Waals surface area contributed by atoms with Crippen LogP contribution in [0.2, 0.25) is 0 Å². The number of aryl methyl sites for hydroxylation is 1. The van der Waals surface area contributed by atoms with Gasteiger partial charge in [0, 0.05) is 12.1 Å². The van der Waals surface area contributed by atoms with Crippen LogP contribution in [0.5, 0.6) is 17.2 Å². The molecule has 8 heteroatoms. The van der Waals surface area contributed by atoms with Gasteiger partial charge >= 0.3 is 0 Å². The van der Waals surface area contributed by atoms with E-state index in [0.717, 1.165) is 17.0 Å². The number of hydrogen-bond acceptors (Lipinski definition) is 7. The third-order valence-electron chi connectivity index (χ3n) is 4.39. The van der Waals surface area contributed by atoms with Gasteiger partial charge in [-0.15, -0.1) is 0 Å². The fraction of sp³-hybridized carbons (Fsp3) is 0.286. The maximum absolute atomic E-state index is 12.3. The first-order valence-corrected chi connectivity index (χ1v) is 9.83. The molecule has 1 amide bonds. The number of methoxy groups -OCH3 is 2. The third-order valence-corrected chi connectivity index (χ3v) is 5.04. The standard InChI is InChI=1S/C21H23N3O4S/c1-14-18(24-29-23-14)13-28-17-7-5-16(6-8-17)21(25)22-11-10-15-4-9-19(26-2)20(12-15)27-3/h4-9,12H,10-11,13H2,1-3H3,(H,22,25). The molecule has 0 spiro atoms. The van der Waals surface area contributed by atoms with Gasteiger partial charge in [-0.1, -0.05) is 6.07 Å². The van der Waals surface area contributed by atoms with Gasteiger partial charge in [0.25, 0.3) is 5.91 Å². The van der Waals surface area contributed by atoms with E-state index in [2.05, 4.69) is 14.1 Å². The lowest BCUT2D eigenvalue weighted by Crippen LogP contribution is -2.25. The number of amides is 1. The Hall–Kier alpha value is -3.13. The van der Waals surface area contributed by atoms with Crippen LogP contribution in [0, 0.1) is 6.92 Å². The molecule has 0 aliphatic rings. The minimum absolute atomic E-state index is 0.128. The van der Waals surface area contributed by atoms with E-state index in [9.17, 15) is 4.79 Å². The van der Waals surface area contributed by atoms with Gasteiger partial charge in [0.15, 0.2) is 11.5 Å². The highest BCUT2D eigenvalue weighted by atomic mass is 32.1. The first kappa shape index (κ1) is 20.6. The Kier molecular flexibility index (Phi) is 7.02. The van der Waals surface area contributed by atoms with Crippen molar-refractivity contribution >= 4 is 17.6 Å². The topological polar surface area (TPSA) is 82.6 Å². The first-order valence-electron chi connectivity index (χ1n) is 9.10. The number of ether oxygens (including phenoxy) is 3. The second-order valence-corrected chi connectivity index (χ2v) is 6.83. The largest absolute Gasteiger partial charge is 0.493 e. The van der Waals surface area contributed by atoms with Gasteiger partial charge in [-0.2, -0.15) is 8.75 Å². The van der Waals surface area contributed by atoms with Crippen molar-refractivity contribution < 1.29 is 19.0 Å². The Bertz CT molecular complexity index is 957. The summed E-state index contributed by atoms with van der Waals surface area (Å²) in [7, 11) is 3.21. The molecule has 0 radical (unpaired) electrons. The fourth-order valence-corrected chi connectivity index (χ4v) is 3.25. The molecule has 3 aromatic rings. The normalized spacial score (nSPS) is 10.4. The Labute approximate surface area is 174 Å². The SMILES string of the molecule is COc1ccc(CCNC(=O)c2ccc(OCc3nsnc3C)cc2)cc1OC. The zero-order valence-corrected chi connectivity index (χ0v) is 17.4. The Morgan fingerprint density at radius 3 is 2.45 bits per heavy atom. The summed E-state index contributed by atoms with van der Waals surface area (Å²) in [5, 5.41) is 2.93. The summed E-state index contributed by atoms with van der Waals surface area (Å²) in [6.07, 6.45) is 0.689. The summed E-state index contributed by atoms with van der Waals surface area (Å²) in [5.74, 6) is 1.91. The molecule has 2 aromatic carbocycles. The molecule has 7 nitrogen and oxygen atoms in total. The Morgan fingerprint density at radius 2 is 1.79 bits per heavy atom. The lowest BCUT2D eigenvalue weighted by Gasteiger charge is -2.10. The maximum atomic E-state index is 12.3. The van der Waals surface area contributed by atoms with Crippen molar-refractivity contribution in [2.45, 2.75) is 20.0 Å². The predicted octanol–water partition coefficient (Wildman–Crippen LogP) is 3.42. The van der Waals surface area contributed by atoms with Crippen molar-refractivity contribution in [1.82, 2.24) is 14.1 Å². The van der Waals surface area contributed by atoms with Crippen LogP contribution < -0.4 is 19.5 Å². The number of benzene rings is 2. The molecule has 152 valence electrons. The van der Waals surface area contributed by atoms with Crippen molar-refractivity contribution in [2.75, 3.05) is 20.8 Å². The molecule has 0 aliphatic carbocycles. The highest BCUT2D eigenvalue weighted by molar-refractivity contribution is 6.99. The molecule has 0 aliphatic heterocycles. The van der Waals surface area contributed by atoms with E-state index in [0.29, 0.717) is 42.4 Å². The van der Waals surface area contributed by atoms with Crippen molar-refractivity contribution in [3.63, 3.8) is 0 Å². The molecule has 0 saturated carbocycles. The molecule has 1 heterocycles. The van der Waals surface area contributed by atoms with Gasteiger partial charge in [-0.05, 0) is 55.3 Å². The molecule has 1 aromatic heterocycles. The van der Waals surface area contributed by atoms with Crippen LogP contribution in [0.15, 0.2) is 42.5 Å². The molecule has 0 atom stereocenters. The molecule has 3 rings (SSSR count). The third kappa shape index (κ3) is 5.45. The summed E-state index contributed by atoms with van der Waals surface area (Å²) >= 11 is 1.17. The van der Waals surface area contributed by atoms with E-state index in [-0.39, 0.29) is 5.91 Å². The average Bonchev–Trinajstić information content (AvgIpc) is 3.17. The van der Waals surface area contributed by atoms with Crippen LogP contribution in [-0.2, 0) is 13.0 Å². The van der Waals surface area contributed by atoms with Gasteiger partial charge < -0.3 is 19.5 Å². The predicted molar refractivity (Wildman–Crippen MR) is 111 cm³/mol. The number of rotatable bonds is 9. The minimum atomic E-state index is -0.128. The summed E-state index contributed by atoms with van der Waals surface area (Å²) < 4.78 is 24.5. The van der Waals surface area contributed by atoms with Crippen LogP contribution in [-0.4, -0.2) is 35.4 Å². The van der Waals surface area contributed by atoms with Crippen LogP contribution in [0.4, 0.5) is 0 Å². The van der Waals surface area contributed by atoms with Gasteiger partial charge in [0.1, 0.15) is 18.1 Å². The van der Waals surface area contributed by atoms with Crippen molar-refractivity contribution in [1.29, 1.82) is 0 Å². The lowest BCUT2D eigenvalue weighted by atomic mass is 10.1. The molecule has 0 unspecified atom stereocenters. The number of carbonyl (C=O) groups is 1. The monoisotopic (exact) mass is 413 g/mol. The molecule has 0 bridgehead atoms. The quantitative estimate of drug-likeness (QED) is 0.579. The number of nitrogens with one attached hydrogen (secondary N) is 1. The number of hydrogen-bond donors (Lipinski definition) is 1. The van der Waals surface area contributed by atoms with Crippen molar-refractivity contribution in [2.24, 2.45) is 0 Å². The van der Waals surface area contributed by atoms with E-state index in [4.69, 9.17) is 14.2 Å². The number of carbonyl (C=O) groups excluding carboxylic acids is 1. The second-order valence-electron chi connectivity index (χ2n) is 6.30. The molecule has 29 heavy (non-hydrogen) atoms. The van der Waals surface area contributed by atoms with Gasteiger partial charge in [-0.3, -0.25) is 4.79 Å². The van der Waals surface area contributed by atoms with Gasteiger partial charge in [0.2, 0.25) is 0 Å². The van der Waals surface area contributed by atoms with E-state index in [1.165, 1.54) is 11.7 Å². The highest BCUT2D eigenvalue weighted by Gasteiger charge is 2.08. The molecular weight excluding hydrogens is 390 g/mol. The summed E-state index contributed by atoms with van der Waals surface area (Å²) in [4.78, 5) is 12.3. The second kappa shape index (κ2) is 9.88. The molecule has 0 saturated heterocycles. The van der Waals surface area contributed by atoms with E-state index >= 15 is 0 Å². The van der Waals surface area contributed by atoms with Crippen molar-refractivity contribution in [3.05, 3.63) is 65.0 Å². The van der Waals surface area contributed by atoms with Gasteiger partial charge in [0.05, 0.1) is 31.6 Å². The smallest absolute Gasteiger partial charge is 0.251 e. The minimum Gasteiger partial charge on any atom is -0.493 e. The Morgan fingerprint density at radius 1 is 1.03 bits per heavy atom. The van der Waals surface area contributed by atoms with E-state index in [1.54, 1.807) is 38.5 Å². The summed E-state index contributed by atoms with van der Waals surface area (Å²) in [6, 6.07) is 12.8. The molecular formula is C21H23N3O4S. The van der Waals surface area contributed by atoms with Crippen LogP contribution in [0.1, 0.15) is 27.3 Å². The van der Waals surface area contributed by atoms with Gasteiger partial charge in [-0.25, -0.2) is 0 Å². The van der Waals surface area contributed by atoms with Crippen molar-refractivity contribution in [3.8, 4) is 17.2 Å². The number of nitrogens with zero attached hydrogens (tertiary/aromatic N) is 2. The van der Waals surface area contributed by atoms with E-state index in [1.807, 2.05) is 25.1 Å². The molecule has 1 N–H and O–H groups in total. The van der Waals surface area contributed by atoms with Crippen LogP contribution in [0.3, 0.4) is 0 Å². The Balaban J connectivity index is 1.48. The molecule has 0 fully saturated rings. The number of aromatic nitrogens is 2. The first-order chi connectivity index (χ1) is 14.1. The lowest BCUT2D eigenvalue weighted by molar-refractivity contribution is 0.0954. The zero-order chi connectivity index (χ0) is 20.6. The average molecular weight is 413 g/mol. The summed E-state index contributed by atoms with van der Waals surface area (Å²) in [6.45, 7) is 2.78. The fourth-order valence-electron chi connectivity index (χ4n) is 2.69. The summed E-state index contributed by atoms with van der Waals surface area (Å²) in [5.41, 5.74) is 3.34. The van der Waals surface area contributed by atoms with Crippen LogP contribution in [0.25, 0.3) is 0 Å². The van der Waals surface area contributed by atoms with Crippen LogP contribution >= 0.6 is 11.7 Å². The zero-order valence-electron chi connectivity index (χ0n) is 16.6. The van der Waals surface area contributed by atoms with E-state index < -0.39 is 0 Å².